The summed E-state index contributed by atoms with van der Waals surface area (Å²) in [6.07, 6.45) is -4.01. The van der Waals surface area contributed by atoms with Gasteiger partial charge in [0.05, 0.1) is 25.3 Å². The van der Waals surface area contributed by atoms with Gasteiger partial charge >= 0.3 is 6.36 Å². The number of Topliss-reactive ketones (excluding diaryl/α,β-unsaturated/α-hetero) is 1. The monoisotopic (exact) mass is 550 g/mol. The van der Waals surface area contributed by atoms with Crippen molar-refractivity contribution in [2.24, 2.45) is 0 Å². The maximum absolute atomic E-state index is 13.2. The molecule has 1 aliphatic carbocycles. The predicted molar refractivity (Wildman–Crippen MR) is 129 cm³/mol. The SMILES string of the molecule is O=C(Cc1nnc(-c2ccc(F)cc2)s1)c1ccc(OC(F)(F)F)c(NC(=O)C2(N3CCOCC3)CC2)c1. The molecule has 0 unspecified atom stereocenters. The van der Waals surface area contributed by atoms with E-state index in [4.69, 9.17) is 4.74 Å². The molecule has 1 N–H and O–H groups in total. The van der Waals surface area contributed by atoms with Crippen LogP contribution >= 0.6 is 11.3 Å². The summed E-state index contributed by atoms with van der Waals surface area (Å²) < 4.78 is 61.8. The van der Waals surface area contributed by atoms with Crippen molar-refractivity contribution >= 4 is 28.7 Å². The van der Waals surface area contributed by atoms with Gasteiger partial charge in [-0.3, -0.25) is 14.5 Å². The number of benzene rings is 2. The van der Waals surface area contributed by atoms with E-state index in [0.29, 0.717) is 54.7 Å². The van der Waals surface area contributed by atoms with E-state index in [-0.39, 0.29) is 17.7 Å². The van der Waals surface area contributed by atoms with Crippen molar-refractivity contribution in [1.82, 2.24) is 15.1 Å². The van der Waals surface area contributed by atoms with E-state index in [0.717, 1.165) is 17.4 Å². The summed E-state index contributed by atoms with van der Waals surface area (Å²) in [6, 6.07) is 9.04. The number of carbonyl (C=O) groups excluding carboxylic acids is 2. The van der Waals surface area contributed by atoms with Crippen LogP contribution in [0.2, 0.25) is 0 Å². The fraction of sp³-hybridized carbons (Fsp3) is 0.360. The fourth-order valence-electron chi connectivity index (χ4n) is 4.32. The van der Waals surface area contributed by atoms with Gasteiger partial charge in [0.25, 0.3) is 0 Å². The van der Waals surface area contributed by atoms with Crippen LogP contribution in [0.5, 0.6) is 5.75 Å². The highest BCUT2D eigenvalue weighted by molar-refractivity contribution is 7.14. The predicted octanol–water partition coefficient (Wildman–Crippen LogP) is 4.47. The normalized spacial score (nSPS) is 17.2. The van der Waals surface area contributed by atoms with Gasteiger partial charge in [0.15, 0.2) is 11.5 Å². The molecule has 200 valence electrons. The number of aromatic nitrogens is 2. The average Bonchev–Trinajstić information content (AvgIpc) is 3.58. The first kappa shape index (κ1) is 26.2. The number of anilines is 1. The second-order valence-electron chi connectivity index (χ2n) is 8.95. The van der Waals surface area contributed by atoms with Crippen LogP contribution in [0.15, 0.2) is 42.5 Å². The van der Waals surface area contributed by atoms with Gasteiger partial charge < -0.3 is 14.8 Å². The van der Waals surface area contributed by atoms with Crippen molar-refractivity contribution in [2.75, 3.05) is 31.6 Å². The van der Waals surface area contributed by atoms with E-state index >= 15 is 0 Å². The Hall–Kier alpha value is -3.42. The number of amides is 1. The second kappa shape index (κ2) is 10.4. The first-order valence-electron chi connectivity index (χ1n) is 11.8. The fourth-order valence-corrected chi connectivity index (χ4v) is 5.17. The first-order chi connectivity index (χ1) is 18.1. The molecule has 3 aromatic rings. The molecule has 1 saturated carbocycles. The molecular formula is C25H22F4N4O4S. The maximum atomic E-state index is 13.2. The van der Waals surface area contributed by atoms with Gasteiger partial charge in [0.2, 0.25) is 5.91 Å². The number of morpholine rings is 1. The molecule has 0 bridgehead atoms. The van der Waals surface area contributed by atoms with E-state index in [9.17, 15) is 27.2 Å². The van der Waals surface area contributed by atoms with Crippen LogP contribution in [0.4, 0.5) is 23.2 Å². The number of carbonyl (C=O) groups is 2. The summed E-state index contributed by atoms with van der Waals surface area (Å²) >= 11 is 1.14. The average molecular weight is 551 g/mol. The van der Waals surface area contributed by atoms with Gasteiger partial charge in [-0.2, -0.15) is 0 Å². The lowest BCUT2D eigenvalue weighted by Gasteiger charge is -2.34. The Labute approximate surface area is 218 Å². The largest absolute Gasteiger partial charge is 0.573 e. The molecule has 1 aliphatic heterocycles. The third-order valence-corrected chi connectivity index (χ3v) is 7.38. The Morgan fingerprint density at radius 2 is 1.79 bits per heavy atom. The minimum absolute atomic E-state index is 0.0737. The van der Waals surface area contributed by atoms with Crippen molar-refractivity contribution < 1.29 is 36.6 Å². The van der Waals surface area contributed by atoms with Crippen molar-refractivity contribution in [1.29, 1.82) is 0 Å². The van der Waals surface area contributed by atoms with Crippen molar-refractivity contribution in [3.8, 4) is 16.3 Å². The van der Waals surface area contributed by atoms with E-state index in [1.807, 2.05) is 4.90 Å². The molecule has 0 atom stereocenters. The topological polar surface area (TPSA) is 93.7 Å². The van der Waals surface area contributed by atoms with Crippen molar-refractivity contribution in [3.05, 3.63) is 58.9 Å². The molecule has 1 amide bonds. The van der Waals surface area contributed by atoms with Gasteiger partial charge in [-0.15, -0.1) is 23.4 Å². The van der Waals surface area contributed by atoms with Gasteiger partial charge in [0.1, 0.15) is 21.4 Å². The van der Waals surface area contributed by atoms with Crippen LogP contribution in [-0.2, 0) is 16.0 Å². The first-order valence-corrected chi connectivity index (χ1v) is 12.6. The molecule has 0 radical (unpaired) electrons. The Morgan fingerprint density at radius 1 is 1.08 bits per heavy atom. The molecule has 2 fully saturated rings. The lowest BCUT2D eigenvalue weighted by atomic mass is 10.1. The van der Waals surface area contributed by atoms with Crippen molar-refractivity contribution in [2.45, 2.75) is 31.2 Å². The molecule has 13 heteroatoms. The lowest BCUT2D eigenvalue weighted by Crippen LogP contribution is -2.51. The minimum atomic E-state index is -4.99. The number of nitrogens with zero attached hydrogens (tertiary/aromatic N) is 3. The smallest absolute Gasteiger partial charge is 0.404 e. The molecule has 38 heavy (non-hydrogen) atoms. The Morgan fingerprint density at radius 3 is 2.45 bits per heavy atom. The third kappa shape index (κ3) is 5.84. The summed E-state index contributed by atoms with van der Waals surface area (Å²) in [5, 5.41) is 11.5. The molecule has 2 aromatic carbocycles. The molecule has 2 heterocycles. The Kier molecular flexibility index (Phi) is 7.16. The van der Waals surface area contributed by atoms with Crippen LogP contribution in [0.25, 0.3) is 10.6 Å². The van der Waals surface area contributed by atoms with Crippen LogP contribution in [0.3, 0.4) is 0 Å². The third-order valence-electron chi connectivity index (χ3n) is 6.41. The summed E-state index contributed by atoms with van der Waals surface area (Å²) in [7, 11) is 0. The summed E-state index contributed by atoms with van der Waals surface area (Å²) in [5.74, 6) is -1.90. The zero-order chi connectivity index (χ0) is 26.9. The van der Waals surface area contributed by atoms with E-state index < -0.39 is 35.2 Å². The zero-order valence-corrected chi connectivity index (χ0v) is 20.7. The van der Waals surface area contributed by atoms with Crippen LogP contribution in [0, 0.1) is 5.82 Å². The van der Waals surface area contributed by atoms with Crippen LogP contribution in [-0.4, -0.2) is 65.0 Å². The number of hydrogen-bond acceptors (Lipinski definition) is 8. The number of hydrogen-bond donors (Lipinski definition) is 1. The highest BCUT2D eigenvalue weighted by Gasteiger charge is 2.54. The number of nitrogens with one attached hydrogen (secondary N) is 1. The molecule has 1 aromatic heterocycles. The molecule has 2 aliphatic rings. The Bertz CT molecular complexity index is 1340. The number of halogens is 4. The quantitative estimate of drug-likeness (QED) is 0.327. The van der Waals surface area contributed by atoms with Gasteiger partial charge in [-0.1, -0.05) is 11.3 Å². The van der Waals surface area contributed by atoms with E-state index in [2.05, 4.69) is 20.3 Å². The molecule has 0 spiro atoms. The minimum Gasteiger partial charge on any atom is -0.404 e. The van der Waals surface area contributed by atoms with Gasteiger partial charge in [-0.05, 0) is 55.3 Å². The van der Waals surface area contributed by atoms with Crippen LogP contribution < -0.4 is 10.1 Å². The standard InChI is InChI=1S/C25H22F4N4O4S/c26-17-4-1-15(2-5-17)22-32-31-21(38-22)14-19(34)16-3-6-20(37-25(27,28)29)18(13-16)30-23(35)24(7-8-24)33-9-11-36-12-10-33/h1-6,13H,7-12,14H2,(H,30,35). The van der Waals surface area contributed by atoms with Gasteiger partial charge in [0, 0.05) is 24.2 Å². The van der Waals surface area contributed by atoms with E-state index in [1.54, 1.807) is 12.1 Å². The summed E-state index contributed by atoms with van der Waals surface area (Å²) in [5.41, 5.74) is -0.357. The lowest BCUT2D eigenvalue weighted by molar-refractivity contribution is -0.274. The summed E-state index contributed by atoms with van der Waals surface area (Å²) in [4.78, 5) is 28.1. The Balaban J connectivity index is 1.35. The number of rotatable bonds is 8. The molecular weight excluding hydrogens is 528 g/mol. The maximum Gasteiger partial charge on any atom is 0.573 e. The second-order valence-corrected chi connectivity index (χ2v) is 10.0. The van der Waals surface area contributed by atoms with Crippen molar-refractivity contribution in [3.63, 3.8) is 0 Å². The molecule has 1 saturated heterocycles. The highest BCUT2D eigenvalue weighted by atomic mass is 32.1. The molecule has 8 nitrogen and oxygen atoms in total. The highest BCUT2D eigenvalue weighted by Crippen LogP contribution is 2.44. The number of ether oxygens (including phenoxy) is 2. The van der Waals surface area contributed by atoms with Crippen LogP contribution in [0.1, 0.15) is 28.2 Å². The van der Waals surface area contributed by atoms with Gasteiger partial charge in [-0.25, -0.2) is 4.39 Å². The number of ketones is 1. The van der Waals surface area contributed by atoms with E-state index in [1.165, 1.54) is 24.3 Å². The summed E-state index contributed by atoms with van der Waals surface area (Å²) in [6.45, 7) is 2.02. The zero-order valence-electron chi connectivity index (χ0n) is 19.9. The molecule has 5 rings (SSSR count). The number of alkyl halides is 3.